The van der Waals surface area contributed by atoms with Gasteiger partial charge in [0.05, 0.1) is 31.1 Å². The molecular formula is C31H29BrN4O4. The van der Waals surface area contributed by atoms with Crippen molar-refractivity contribution < 1.29 is 19.1 Å². The zero-order valence-corrected chi connectivity index (χ0v) is 23.9. The molecule has 0 spiro atoms. The fraction of sp³-hybridized carbons (Fsp3) is 0.194. The van der Waals surface area contributed by atoms with Crippen molar-refractivity contribution in [3.63, 3.8) is 0 Å². The number of hydrogen-bond acceptors (Lipinski definition) is 5. The number of para-hydroxylation sites is 3. The standard InChI is InChI=1S/C31H29BrN4O4/c1-19(33-2)29(37)34-28-30(38)35(18-23-21-12-9-13-24(32)22(21)16-17-27(23)40-3)25-14-7-8-15-26(25)36(31(28)39)20-10-5-4-6-11-20/h4-17,19,28,33H,18H2,1-3H3,(H,34,37)/t19-,28?/m0/s1. The normalized spacial score (nSPS) is 15.9. The van der Waals surface area contributed by atoms with E-state index >= 15 is 0 Å². The largest absolute Gasteiger partial charge is 0.496 e. The van der Waals surface area contributed by atoms with Gasteiger partial charge in [-0.2, -0.15) is 0 Å². The number of nitrogens with one attached hydrogen (secondary N) is 2. The lowest BCUT2D eigenvalue weighted by Gasteiger charge is -2.27. The fourth-order valence-electron chi connectivity index (χ4n) is 4.91. The molecule has 204 valence electrons. The number of ether oxygens (including phenoxy) is 1. The van der Waals surface area contributed by atoms with Crippen LogP contribution >= 0.6 is 15.9 Å². The molecule has 2 N–H and O–H groups in total. The number of carbonyl (C=O) groups is 3. The quantitative estimate of drug-likeness (QED) is 0.294. The summed E-state index contributed by atoms with van der Waals surface area (Å²) in [7, 11) is 3.23. The van der Waals surface area contributed by atoms with Crippen LogP contribution in [0.15, 0.2) is 89.4 Å². The van der Waals surface area contributed by atoms with Crippen LogP contribution in [0.5, 0.6) is 5.75 Å². The second-order valence-electron chi connectivity index (χ2n) is 9.46. The second kappa shape index (κ2) is 11.5. The summed E-state index contributed by atoms with van der Waals surface area (Å²) < 4.78 is 6.64. The first kappa shape index (κ1) is 27.4. The van der Waals surface area contributed by atoms with E-state index in [-0.39, 0.29) is 6.54 Å². The lowest BCUT2D eigenvalue weighted by molar-refractivity contribution is -0.134. The first-order valence-electron chi connectivity index (χ1n) is 12.9. The van der Waals surface area contributed by atoms with Crippen LogP contribution in [0.2, 0.25) is 0 Å². The van der Waals surface area contributed by atoms with Crippen LogP contribution in [0.25, 0.3) is 10.8 Å². The van der Waals surface area contributed by atoms with Gasteiger partial charge in [-0.05, 0) is 67.2 Å². The fourth-order valence-corrected chi connectivity index (χ4v) is 5.41. The van der Waals surface area contributed by atoms with Gasteiger partial charge in [0.2, 0.25) is 5.91 Å². The van der Waals surface area contributed by atoms with E-state index in [1.807, 2.05) is 66.7 Å². The first-order chi connectivity index (χ1) is 19.3. The number of halogens is 1. The van der Waals surface area contributed by atoms with Gasteiger partial charge in [0.1, 0.15) is 5.75 Å². The van der Waals surface area contributed by atoms with Crippen molar-refractivity contribution in [1.82, 2.24) is 10.6 Å². The number of likely N-dealkylation sites (N-methyl/N-ethyl adjacent to an activating group) is 1. The molecule has 0 aliphatic carbocycles. The average molecular weight is 602 g/mol. The van der Waals surface area contributed by atoms with Gasteiger partial charge in [0.25, 0.3) is 11.8 Å². The summed E-state index contributed by atoms with van der Waals surface area (Å²) in [6.45, 7) is 1.78. The molecular weight excluding hydrogens is 572 g/mol. The molecule has 1 unspecified atom stereocenters. The maximum Gasteiger partial charge on any atom is 0.264 e. The Balaban J connectivity index is 1.71. The van der Waals surface area contributed by atoms with Crippen LogP contribution in [-0.4, -0.2) is 44.0 Å². The van der Waals surface area contributed by atoms with E-state index in [1.165, 1.54) is 4.90 Å². The van der Waals surface area contributed by atoms with Gasteiger partial charge in [0.15, 0.2) is 6.04 Å². The topological polar surface area (TPSA) is 91.0 Å². The van der Waals surface area contributed by atoms with Crippen molar-refractivity contribution >= 4 is 61.5 Å². The number of nitrogens with zero attached hydrogens (tertiary/aromatic N) is 2. The van der Waals surface area contributed by atoms with E-state index in [0.717, 1.165) is 20.8 Å². The number of benzene rings is 4. The number of carbonyl (C=O) groups excluding carboxylic acids is 3. The molecule has 8 nitrogen and oxygen atoms in total. The summed E-state index contributed by atoms with van der Waals surface area (Å²) in [6.07, 6.45) is 0. The summed E-state index contributed by atoms with van der Waals surface area (Å²) >= 11 is 3.63. The predicted octanol–water partition coefficient (Wildman–Crippen LogP) is 4.92. The van der Waals surface area contributed by atoms with Gasteiger partial charge in [-0.25, -0.2) is 0 Å². The molecule has 0 saturated heterocycles. The maximum atomic E-state index is 14.3. The third kappa shape index (κ3) is 4.94. The lowest BCUT2D eigenvalue weighted by atomic mass is 10.0. The molecule has 4 aromatic carbocycles. The number of fused-ring (bicyclic) bond motifs is 2. The Kier molecular flexibility index (Phi) is 7.86. The smallest absolute Gasteiger partial charge is 0.264 e. The molecule has 0 bridgehead atoms. The molecule has 1 aliphatic rings. The molecule has 0 aromatic heterocycles. The molecule has 0 saturated carbocycles. The molecule has 9 heteroatoms. The molecule has 1 heterocycles. The summed E-state index contributed by atoms with van der Waals surface area (Å²) in [4.78, 5) is 44.6. The minimum absolute atomic E-state index is 0.108. The van der Waals surface area contributed by atoms with Crippen LogP contribution in [-0.2, 0) is 20.9 Å². The summed E-state index contributed by atoms with van der Waals surface area (Å²) in [5.41, 5.74) is 2.43. The van der Waals surface area contributed by atoms with Crippen LogP contribution in [0, 0.1) is 0 Å². The SMILES string of the molecule is CN[C@@H](C)C(=O)NC1C(=O)N(Cc2c(OC)ccc3c(Br)cccc23)c2ccccc2N(c2ccccc2)C1=O. The van der Waals surface area contributed by atoms with E-state index < -0.39 is 29.8 Å². The van der Waals surface area contributed by atoms with E-state index in [2.05, 4.69) is 26.6 Å². The zero-order chi connectivity index (χ0) is 28.4. The number of anilines is 3. The Bertz CT molecular complexity index is 1590. The molecule has 2 atom stereocenters. The van der Waals surface area contributed by atoms with Gasteiger partial charge in [-0.3, -0.25) is 19.3 Å². The van der Waals surface area contributed by atoms with Crippen molar-refractivity contribution in [3.8, 4) is 5.75 Å². The van der Waals surface area contributed by atoms with E-state index in [0.29, 0.717) is 22.8 Å². The van der Waals surface area contributed by atoms with Crippen molar-refractivity contribution in [2.45, 2.75) is 25.6 Å². The van der Waals surface area contributed by atoms with Crippen molar-refractivity contribution in [1.29, 1.82) is 0 Å². The van der Waals surface area contributed by atoms with Crippen LogP contribution < -0.4 is 25.2 Å². The van der Waals surface area contributed by atoms with Gasteiger partial charge in [-0.1, -0.05) is 58.4 Å². The van der Waals surface area contributed by atoms with Crippen LogP contribution in [0.4, 0.5) is 17.1 Å². The summed E-state index contributed by atoms with van der Waals surface area (Å²) in [6, 6.07) is 24.0. The minimum Gasteiger partial charge on any atom is -0.496 e. The highest BCUT2D eigenvalue weighted by Gasteiger charge is 2.42. The molecule has 5 rings (SSSR count). The van der Waals surface area contributed by atoms with E-state index in [1.54, 1.807) is 44.2 Å². The molecule has 4 aromatic rings. The summed E-state index contributed by atoms with van der Waals surface area (Å²) in [5, 5.41) is 7.44. The van der Waals surface area contributed by atoms with Crippen LogP contribution in [0.1, 0.15) is 12.5 Å². The highest BCUT2D eigenvalue weighted by Crippen LogP contribution is 2.40. The Morgan fingerprint density at radius 1 is 0.900 bits per heavy atom. The van der Waals surface area contributed by atoms with Gasteiger partial charge in [0, 0.05) is 15.7 Å². The zero-order valence-electron chi connectivity index (χ0n) is 22.4. The maximum absolute atomic E-state index is 14.3. The van der Waals surface area contributed by atoms with Crippen molar-refractivity contribution in [2.75, 3.05) is 24.0 Å². The monoisotopic (exact) mass is 600 g/mol. The van der Waals surface area contributed by atoms with Gasteiger partial charge in [-0.15, -0.1) is 0 Å². The Labute approximate surface area is 241 Å². The Morgan fingerprint density at radius 2 is 1.60 bits per heavy atom. The number of amides is 3. The van der Waals surface area contributed by atoms with E-state index in [9.17, 15) is 14.4 Å². The highest BCUT2D eigenvalue weighted by molar-refractivity contribution is 9.10. The summed E-state index contributed by atoms with van der Waals surface area (Å²) in [5.74, 6) is -0.937. The lowest BCUT2D eigenvalue weighted by Crippen LogP contribution is -2.57. The molecule has 1 aliphatic heterocycles. The molecule has 3 amide bonds. The average Bonchev–Trinajstić information content (AvgIpc) is 3.06. The van der Waals surface area contributed by atoms with Crippen molar-refractivity contribution in [3.05, 3.63) is 95.0 Å². The third-order valence-electron chi connectivity index (χ3n) is 7.13. The first-order valence-corrected chi connectivity index (χ1v) is 13.7. The van der Waals surface area contributed by atoms with Crippen LogP contribution in [0.3, 0.4) is 0 Å². The molecule has 0 fully saturated rings. The minimum atomic E-state index is -1.45. The number of hydrogen-bond donors (Lipinski definition) is 2. The number of rotatable bonds is 7. The van der Waals surface area contributed by atoms with Crippen molar-refractivity contribution in [2.24, 2.45) is 0 Å². The van der Waals surface area contributed by atoms with Gasteiger partial charge >= 0.3 is 0 Å². The predicted molar refractivity (Wildman–Crippen MR) is 160 cm³/mol. The Hall–Kier alpha value is -4.21. The Morgan fingerprint density at radius 3 is 2.30 bits per heavy atom. The second-order valence-corrected chi connectivity index (χ2v) is 10.3. The molecule has 40 heavy (non-hydrogen) atoms. The highest BCUT2D eigenvalue weighted by atomic mass is 79.9. The molecule has 0 radical (unpaired) electrons. The van der Waals surface area contributed by atoms with Gasteiger partial charge < -0.3 is 20.3 Å². The third-order valence-corrected chi connectivity index (χ3v) is 7.83. The van der Waals surface area contributed by atoms with E-state index in [4.69, 9.17) is 4.74 Å². The number of methoxy groups -OCH3 is 1.